The van der Waals surface area contributed by atoms with Crippen molar-refractivity contribution in [2.24, 2.45) is 0 Å². The number of amides is 2. The molecule has 1 unspecified atom stereocenters. The Morgan fingerprint density at radius 3 is 2.38 bits per heavy atom. The van der Waals surface area contributed by atoms with E-state index in [-0.39, 0.29) is 5.69 Å². The first-order chi connectivity index (χ1) is 13.9. The third kappa shape index (κ3) is 4.83. The number of nitrogens with zero attached hydrogens (tertiary/aromatic N) is 2. The van der Waals surface area contributed by atoms with Gasteiger partial charge in [0.15, 0.2) is 11.6 Å². The number of methoxy groups -OCH3 is 1. The second kappa shape index (κ2) is 9.19. The fourth-order valence-corrected chi connectivity index (χ4v) is 3.48. The lowest BCUT2D eigenvalue weighted by molar-refractivity contribution is -0.148. The number of halogens is 3. The molecule has 1 atom stereocenters. The van der Waals surface area contributed by atoms with E-state index in [9.17, 15) is 18.4 Å². The first-order valence-corrected chi connectivity index (χ1v) is 9.35. The number of carbonyl (C=O) groups is 2. The van der Waals surface area contributed by atoms with E-state index in [4.69, 9.17) is 16.3 Å². The lowest BCUT2D eigenvalue weighted by Gasteiger charge is -2.38. The van der Waals surface area contributed by atoms with Crippen LogP contribution in [-0.4, -0.2) is 55.1 Å². The van der Waals surface area contributed by atoms with E-state index < -0.39 is 29.7 Å². The molecule has 0 spiro atoms. The van der Waals surface area contributed by atoms with Crippen LogP contribution in [0.2, 0.25) is 5.02 Å². The Balaban J connectivity index is 1.66. The zero-order valence-electron chi connectivity index (χ0n) is 15.7. The number of benzene rings is 2. The van der Waals surface area contributed by atoms with Crippen molar-refractivity contribution in [2.75, 3.05) is 38.6 Å². The maximum atomic E-state index is 13.3. The molecule has 6 nitrogen and oxygen atoms in total. The second-order valence-corrected chi connectivity index (χ2v) is 6.94. The Hall–Kier alpha value is -2.71. The van der Waals surface area contributed by atoms with Crippen molar-refractivity contribution in [3.63, 3.8) is 0 Å². The van der Waals surface area contributed by atoms with Crippen LogP contribution in [0.5, 0.6) is 0 Å². The molecule has 2 aromatic rings. The van der Waals surface area contributed by atoms with Crippen molar-refractivity contribution < 1.29 is 23.1 Å². The molecule has 0 bridgehead atoms. The van der Waals surface area contributed by atoms with Gasteiger partial charge in [-0.2, -0.15) is 0 Å². The van der Waals surface area contributed by atoms with Gasteiger partial charge in [-0.15, -0.1) is 0 Å². The largest absolute Gasteiger partial charge is 0.468 e. The summed E-state index contributed by atoms with van der Waals surface area (Å²) in [4.78, 5) is 28.3. The molecule has 1 aliphatic rings. The number of rotatable bonds is 4. The van der Waals surface area contributed by atoms with E-state index in [1.807, 2.05) is 4.90 Å². The van der Waals surface area contributed by atoms with Crippen LogP contribution in [0.1, 0.15) is 11.6 Å². The summed E-state index contributed by atoms with van der Waals surface area (Å²) < 4.78 is 31.3. The summed E-state index contributed by atoms with van der Waals surface area (Å²) in [7, 11) is 1.32. The zero-order valence-corrected chi connectivity index (χ0v) is 16.5. The number of carbonyl (C=O) groups excluding carboxylic acids is 2. The van der Waals surface area contributed by atoms with Crippen molar-refractivity contribution >= 4 is 29.3 Å². The SMILES string of the molecule is COC(=O)C(c1ccccc1Cl)N1CCN(C(=O)Nc2ccc(F)c(F)c2)CC1. The number of hydrogen-bond acceptors (Lipinski definition) is 4. The van der Waals surface area contributed by atoms with Crippen molar-refractivity contribution in [1.82, 2.24) is 9.80 Å². The Kier molecular flexibility index (Phi) is 6.66. The summed E-state index contributed by atoms with van der Waals surface area (Å²) in [6.45, 7) is 1.51. The molecule has 29 heavy (non-hydrogen) atoms. The zero-order chi connectivity index (χ0) is 21.0. The fourth-order valence-electron chi connectivity index (χ4n) is 3.24. The Morgan fingerprint density at radius 2 is 1.76 bits per heavy atom. The van der Waals surface area contributed by atoms with Crippen LogP contribution in [0.4, 0.5) is 19.3 Å². The van der Waals surface area contributed by atoms with Crippen LogP contribution in [0.3, 0.4) is 0 Å². The molecule has 0 aromatic heterocycles. The number of esters is 1. The topological polar surface area (TPSA) is 61.9 Å². The van der Waals surface area contributed by atoms with Crippen molar-refractivity contribution in [1.29, 1.82) is 0 Å². The summed E-state index contributed by atoms with van der Waals surface area (Å²) in [6.07, 6.45) is 0. The maximum Gasteiger partial charge on any atom is 0.327 e. The van der Waals surface area contributed by atoms with Crippen molar-refractivity contribution in [2.45, 2.75) is 6.04 Å². The molecule has 0 aliphatic carbocycles. The van der Waals surface area contributed by atoms with Crippen molar-refractivity contribution in [3.05, 3.63) is 64.7 Å². The van der Waals surface area contributed by atoms with E-state index in [2.05, 4.69) is 5.32 Å². The number of piperazine rings is 1. The second-order valence-electron chi connectivity index (χ2n) is 6.53. The Bertz CT molecular complexity index is 904. The molecule has 2 aromatic carbocycles. The molecule has 3 rings (SSSR count). The van der Waals surface area contributed by atoms with Gasteiger partial charge >= 0.3 is 12.0 Å². The van der Waals surface area contributed by atoms with Crippen LogP contribution >= 0.6 is 11.6 Å². The average Bonchev–Trinajstić information content (AvgIpc) is 2.72. The molecule has 1 saturated heterocycles. The first-order valence-electron chi connectivity index (χ1n) is 8.98. The minimum atomic E-state index is -1.03. The molecule has 154 valence electrons. The van der Waals surface area contributed by atoms with Crippen LogP contribution in [0.25, 0.3) is 0 Å². The summed E-state index contributed by atoms with van der Waals surface area (Å²) in [5.74, 6) is -2.45. The van der Waals surface area contributed by atoms with E-state index in [0.29, 0.717) is 36.8 Å². The summed E-state index contributed by atoms with van der Waals surface area (Å²) in [6, 6.07) is 9.11. The lowest BCUT2D eigenvalue weighted by Crippen LogP contribution is -2.52. The third-order valence-electron chi connectivity index (χ3n) is 4.76. The van der Waals surface area contributed by atoms with Gasteiger partial charge in [0.05, 0.1) is 7.11 Å². The monoisotopic (exact) mass is 423 g/mol. The van der Waals surface area contributed by atoms with Crippen LogP contribution in [0, 0.1) is 11.6 Å². The van der Waals surface area contributed by atoms with Crippen LogP contribution < -0.4 is 5.32 Å². The minimum absolute atomic E-state index is 0.167. The molecule has 2 amide bonds. The summed E-state index contributed by atoms with van der Waals surface area (Å²) >= 11 is 6.27. The molecule has 9 heteroatoms. The molecule has 1 heterocycles. The third-order valence-corrected chi connectivity index (χ3v) is 5.11. The predicted molar refractivity (Wildman–Crippen MR) is 105 cm³/mol. The van der Waals surface area contributed by atoms with Gasteiger partial charge in [0.1, 0.15) is 6.04 Å². The number of nitrogens with one attached hydrogen (secondary N) is 1. The molecular formula is C20H20ClF2N3O3. The highest BCUT2D eigenvalue weighted by atomic mass is 35.5. The van der Waals surface area contributed by atoms with E-state index >= 15 is 0 Å². The number of hydrogen-bond donors (Lipinski definition) is 1. The Labute approximate surface area is 172 Å². The van der Waals surface area contributed by atoms with Gasteiger partial charge in [0.2, 0.25) is 0 Å². The highest BCUT2D eigenvalue weighted by Gasteiger charge is 2.33. The van der Waals surface area contributed by atoms with Gasteiger partial charge in [-0.25, -0.2) is 18.4 Å². The fraction of sp³-hybridized carbons (Fsp3) is 0.300. The normalized spacial score (nSPS) is 15.7. The lowest BCUT2D eigenvalue weighted by atomic mass is 10.0. The quantitative estimate of drug-likeness (QED) is 0.762. The van der Waals surface area contributed by atoms with Gasteiger partial charge in [-0.3, -0.25) is 4.90 Å². The van der Waals surface area contributed by atoms with Gasteiger partial charge in [0.25, 0.3) is 0 Å². The number of ether oxygens (including phenoxy) is 1. The molecule has 1 aliphatic heterocycles. The molecular weight excluding hydrogens is 404 g/mol. The molecule has 1 fully saturated rings. The summed E-state index contributed by atoms with van der Waals surface area (Å²) in [5.41, 5.74) is 0.806. The van der Waals surface area contributed by atoms with Gasteiger partial charge in [-0.05, 0) is 23.8 Å². The minimum Gasteiger partial charge on any atom is -0.468 e. The molecule has 0 saturated carbocycles. The number of urea groups is 1. The standard InChI is InChI=1S/C20H20ClF2N3O3/c1-29-19(27)18(14-4-2-3-5-15(14)21)25-8-10-26(11-9-25)20(28)24-13-6-7-16(22)17(23)12-13/h2-7,12,18H,8-11H2,1H3,(H,24,28). The van der Waals surface area contributed by atoms with E-state index in [1.54, 1.807) is 29.2 Å². The molecule has 0 radical (unpaired) electrons. The van der Waals surface area contributed by atoms with E-state index in [1.165, 1.54) is 13.2 Å². The summed E-state index contributed by atoms with van der Waals surface area (Å²) in [5, 5.41) is 3.01. The van der Waals surface area contributed by atoms with Gasteiger partial charge in [-0.1, -0.05) is 29.8 Å². The molecule has 1 N–H and O–H groups in total. The highest BCUT2D eigenvalue weighted by molar-refractivity contribution is 6.31. The van der Waals surface area contributed by atoms with Gasteiger partial charge < -0.3 is 15.0 Å². The number of anilines is 1. The van der Waals surface area contributed by atoms with Crippen molar-refractivity contribution in [3.8, 4) is 0 Å². The van der Waals surface area contributed by atoms with Crippen LogP contribution in [0.15, 0.2) is 42.5 Å². The predicted octanol–water partition coefficient (Wildman–Crippen LogP) is 3.68. The van der Waals surface area contributed by atoms with Gasteiger partial charge in [0, 0.05) is 43.0 Å². The first kappa shape index (κ1) is 21.0. The average molecular weight is 424 g/mol. The van der Waals surface area contributed by atoms with E-state index in [0.717, 1.165) is 12.1 Å². The maximum absolute atomic E-state index is 13.3. The van der Waals surface area contributed by atoms with Crippen LogP contribution in [-0.2, 0) is 9.53 Å². The smallest absolute Gasteiger partial charge is 0.327 e. The Morgan fingerprint density at radius 1 is 1.07 bits per heavy atom. The highest BCUT2D eigenvalue weighted by Crippen LogP contribution is 2.29.